The summed E-state index contributed by atoms with van der Waals surface area (Å²) in [6, 6.07) is 14.6. The number of rotatable bonds is 2. The van der Waals surface area contributed by atoms with Crippen LogP contribution in [0, 0.1) is 18.8 Å². The molecule has 4 heteroatoms. The third kappa shape index (κ3) is 4.87. The van der Waals surface area contributed by atoms with Gasteiger partial charge >= 0.3 is 6.03 Å². The van der Waals surface area contributed by atoms with Crippen molar-refractivity contribution < 1.29 is 4.79 Å². The molecule has 0 spiro atoms. The van der Waals surface area contributed by atoms with Gasteiger partial charge in [0.15, 0.2) is 0 Å². The summed E-state index contributed by atoms with van der Waals surface area (Å²) in [5.41, 5.74) is 2.64. The predicted octanol–water partition coefficient (Wildman–Crippen LogP) is 3.82. The van der Waals surface area contributed by atoms with Gasteiger partial charge in [0.25, 0.3) is 0 Å². The molecule has 0 fully saturated rings. The van der Waals surface area contributed by atoms with E-state index in [1.54, 1.807) is 6.07 Å². The summed E-state index contributed by atoms with van der Waals surface area (Å²) in [6.45, 7) is 2.25. The van der Waals surface area contributed by atoms with Gasteiger partial charge in [-0.05, 0) is 31.2 Å². The van der Waals surface area contributed by atoms with Crippen LogP contribution in [0.5, 0.6) is 0 Å². The molecule has 0 saturated carbocycles. The number of hydrogen-bond acceptors (Lipinski definition) is 1. The molecular formula is C17H15ClN2O. The molecule has 0 heterocycles. The molecule has 2 aromatic rings. The van der Waals surface area contributed by atoms with Crippen molar-refractivity contribution in [2.75, 3.05) is 11.9 Å². The zero-order chi connectivity index (χ0) is 15.1. The van der Waals surface area contributed by atoms with E-state index in [1.807, 2.05) is 49.4 Å². The standard InChI is InChI=1S/C17H15ClN2O/c1-13-8-10-15(11-9-13)20-17(21)19-12-4-6-14-5-2-3-7-16(14)18/h2-3,5,7-11H,12H2,1H3,(H2,19,20,21). The Balaban J connectivity index is 1.83. The van der Waals surface area contributed by atoms with Crippen molar-refractivity contribution in [3.63, 3.8) is 0 Å². The fraction of sp³-hybridized carbons (Fsp3) is 0.118. The van der Waals surface area contributed by atoms with Crippen molar-refractivity contribution in [1.82, 2.24) is 5.32 Å². The van der Waals surface area contributed by atoms with Crippen molar-refractivity contribution in [3.05, 3.63) is 64.7 Å². The molecule has 2 rings (SSSR count). The maximum absolute atomic E-state index is 11.7. The van der Waals surface area contributed by atoms with Gasteiger partial charge in [0, 0.05) is 11.3 Å². The summed E-state index contributed by atoms with van der Waals surface area (Å²) in [6.07, 6.45) is 0. The van der Waals surface area contributed by atoms with Crippen molar-refractivity contribution in [1.29, 1.82) is 0 Å². The lowest BCUT2D eigenvalue weighted by molar-refractivity contribution is 0.253. The van der Waals surface area contributed by atoms with Crippen LogP contribution in [0.25, 0.3) is 0 Å². The Morgan fingerprint density at radius 2 is 1.86 bits per heavy atom. The van der Waals surface area contributed by atoms with Crippen LogP contribution < -0.4 is 10.6 Å². The van der Waals surface area contributed by atoms with Gasteiger partial charge in [-0.3, -0.25) is 0 Å². The number of carbonyl (C=O) groups is 1. The van der Waals surface area contributed by atoms with Crippen molar-refractivity contribution in [2.45, 2.75) is 6.92 Å². The third-order valence-electron chi connectivity index (χ3n) is 2.74. The highest BCUT2D eigenvalue weighted by Gasteiger charge is 1.99. The SMILES string of the molecule is Cc1ccc(NC(=O)NCC#Cc2ccccc2Cl)cc1. The fourth-order valence-corrected chi connectivity index (χ4v) is 1.82. The predicted molar refractivity (Wildman–Crippen MR) is 86.5 cm³/mol. The Kier molecular flexibility index (Phi) is 5.25. The average Bonchev–Trinajstić information content (AvgIpc) is 2.48. The van der Waals surface area contributed by atoms with E-state index >= 15 is 0 Å². The van der Waals surface area contributed by atoms with E-state index in [1.165, 1.54) is 0 Å². The topological polar surface area (TPSA) is 41.1 Å². The van der Waals surface area contributed by atoms with Gasteiger partial charge in [-0.15, -0.1) is 0 Å². The molecule has 2 aromatic carbocycles. The Labute approximate surface area is 129 Å². The Morgan fingerprint density at radius 3 is 2.57 bits per heavy atom. The number of halogens is 1. The molecule has 0 aliphatic rings. The minimum Gasteiger partial charge on any atom is -0.327 e. The van der Waals surface area contributed by atoms with Gasteiger partial charge in [0.2, 0.25) is 0 Å². The molecule has 0 radical (unpaired) electrons. The summed E-state index contributed by atoms with van der Waals surface area (Å²) < 4.78 is 0. The molecule has 106 valence electrons. The van der Waals surface area contributed by atoms with Crippen LogP contribution in [-0.2, 0) is 0 Å². The number of nitrogens with one attached hydrogen (secondary N) is 2. The van der Waals surface area contributed by atoms with E-state index in [9.17, 15) is 4.79 Å². The van der Waals surface area contributed by atoms with Crippen molar-refractivity contribution in [2.24, 2.45) is 0 Å². The molecule has 3 nitrogen and oxygen atoms in total. The lowest BCUT2D eigenvalue weighted by Gasteiger charge is -2.05. The maximum Gasteiger partial charge on any atom is 0.319 e. The molecule has 0 atom stereocenters. The van der Waals surface area contributed by atoms with E-state index in [-0.39, 0.29) is 12.6 Å². The highest BCUT2D eigenvalue weighted by atomic mass is 35.5. The first-order valence-electron chi connectivity index (χ1n) is 6.50. The van der Waals surface area contributed by atoms with Gasteiger partial charge < -0.3 is 10.6 Å². The first kappa shape index (κ1) is 15.0. The number of amides is 2. The number of benzene rings is 2. The van der Waals surface area contributed by atoms with Crippen LogP contribution in [0.4, 0.5) is 10.5 Å². The first-order chi connectivity index (χ1) is 10.1. The molecule has 0 aromatic heterocycles. The molecular weight excluding hydrogens is 284 g/mol. The highest BCUT2D eigenvalue weighted by Crippen LogP contribution is 2.12. The van der Waals surface area contributed by atoms with E-state index in [2.05, 4.69) is 22.5 Å². The maximum atomic E-state index is 11.7. The van der Waals surface area contributed by atoms with Crippen LogP contribution >= 0.6 is 11.6 Å². The van der Waals surface area contributed by atoms with Crippen LogP contribution in [0.3, 0.4) is 0 Å². The fourth-order valence-electron chi connectivity index (χ4n) is 1.64. The molecule has 0 aliphatic heterocycles. The van der Waals surface area contributed by atoms with Crippen molar-refractivity contribution >= 4 is 23.3 Å². The number of carbonyl (C=O) groups excluding carboxylic acids is 1. The highest BCUT2D eigenvalue weighted by molar-refractivity contribution is 6.31. The molecule has 0 aliphatic carbocycles. The number of urea groups is 1. The second kappa shape index (κ2) is 7.37. The Morgan fingerprint density at radius 1 is 1.14 bits per heavy atom. The number of anilines is 1. The van der Waals surface area contributed by atoms with Crippen molar-refractivity contribution in [3.8, 4) is 11.8 Å². The Bertz CT molecular complexity index is 684. The molecule has 0 bridgehead atoms. The summed E-state index contributed by atoms with van der Waals surface area (Å²) in [7, 11) is 0. The largest absolute Gasteiger partial charge is 0.327 e. The van der Waals surface area contributed by atoms with Gasteiger partial charge in [0.05, 0.1) is 11.6 Å². The second-order valence-corrected chi connectivity index (χ2v) is 4.86. The molecule has 0 unspecified atom stereocenters. The van der Waals surface area contributed by atoms with Gasteiger partial charge in [-0.25, -0.2) is 4.79 Å². The minimum absolute atomic E-state index is 0.253. The normalized spacial score (nSPS) is 9.43. The third-order valence-corrected chi connectivity index (χ3v) is 3.07. The monoisotopic (exact) mass is 298 g/mol. The zero-order valence-electron chi connectivity index (χ0n) is 11.6. The Hall–Kier alpha value is -2.44. The van der Waals surface area contributed by atoms with E-state index in [4.69, 9.17) is 11.6 Å². The van der Waals surface area contributed by atoms with Gasteiger partial charge in [-0.2, -0.15) is 0 Å². The zero-order valence-corrected chi connectivity index (χ0v) is 12.4. The minimum atomic E-state index is -0.285. The number of aryl methyl sites for hydroxylation is 1. The quantitative estimate of drug-likeness (QED) is 0.813. The van der Waals surface area contributed by atoms with Crippen LogP contribution in [0.15, 0.2) is 48.5 Å². The average molecular weight is 299 g/mol. The summed E-state index contributed by atoms with van der Waals surface area (Å²) in [5.74, 6) is 5.78. The van der Waals surface area contributed by atoms with Gasteiger partial charge in [-0.1, -0.05) is 53.3 Å². The summed E-state index contributed by atoms with van der Waals surface area (Å²) in [5, 5.41) is 6.01. The number of hydrogen-bond donors (Lipinski definition) is 2. The molecule has 21 heavy (non-hydrogen) atoms. The van der Waals surface area contributed by atoms with Gasteiger partial charge in [0.1, 0.15) is 0 Å². The lowest BCUT2D eigenvalue weighted by Crippen LogP contribution is -2.28. The van der Waals surface area contributed by atoms with Crippen LogP contribution in [0.2, 0.25) is 5.02 Å². The smallest absolute Gasteiger partial charge is 0.319 e. The second-order valence-electron chi connectivity index (χ2n) is 4.46. The van der Waals surface area contributed by atoms with Crippen LogP contribution in [0.1, 0.15) is 11.1 Å². The van der Waals surface area contributed by atoms with Crippen LogP contribution in [-0.4, -0.2) is 12.6 Å². The first-order valence-corrected chi connectivity index (χ1v) is 6.88. The lowest BCUT2D eigenvalue weighted by atomic mass is 10.2. The van der Waals surface area contributed by atoms with E-state index < -0.39 is 0 Å². The molecule has 2 N–H and O–H groups in total. The summed E-state index contributed by atoms with van der Waals surface area (Å²) in [4.78, 5) is 11.7. The molecule has 0 saturated heterocycles. The summed E-state index contributed by atoms with van der Waals surface area (Å²) >= 11 is 5.98. The van der Waals surface area contributed by atoms with E-state index in [0.29, 0.717) is 5.02 Å². The molecule has 2 amide bonds. The van der Waals surface area contributed by atoms with E-state index in [0.717, 1.165) is 16.8 Å².